The second kappa shape index (κ2) is 6.87. The Morgan fingerprint density at radius 1 is 1.45 bits per heavy atom. The average molecular weight is 356 g/mol. The van der Waals surface area contributed by atoms with Gasteiger partial charge >= 0.3 is 0 Å². The average Bonchev–Trinajstić information content (AvgIpc) is 2.93. The molecule has 5 heteroatoms. The zero-order valence-corrected chi connectivity index (χ0v) is 14.9. The molecule has 0 aromatic carbocycles. The lowest BCUT2D eigenvalue weighted by Crippen LogP contribution is -2.24. The van der Waals surface area contributed by atoms with Crippen LogP contribution >= 0.6 is 27.3 Å². The van der Waals surface area contributed by atoms with Gasteiger partial charge in [-0.15, -0.1) is 11.3 Å². The van der Waals surface area contributed by atoms with Gasteiger partial charge in [0.2, 0.25) is 0 Å². The maximum absolute atomic E-state index is 4.49. The highest BCUT2D eigenvalue weighted by Gasteiger charge is 2.20. The number of hydrogen-bond acceptors (Lipinski definition) is 3. The molecule has 0 radical (unpaired) electrons. The van der Waals surface area contributed by atoms with Crippen molar-refractivity contribution >= 4 is 27.3 Å². The van der Waals surface area contributed by atoms with Crippen molar-refractivity contribution in [3.8, 4) is 0 Å². The maximum Gasteiger partial charge on any atom is 0.0738 e. The van der Waals surface area contributed by atoms with Crippen LogP contribution in [-0.4, -0.2) is 16.3 Å². The van der Waals surface area contributed by atoms with Crippen LogP contribution in [0.3, 0.4) is 0 Å². The first-order valence-electron chi connectivity index (χ1n) is 7.00. The van der Waals surface area contributed by atoms with Gasteiger partial charge < -0.3 is 5.32 Å². The van der Waals surface area contributed by atoms with Crippen LogP contribution in [0.25, 0.3) is 0 Å². The summed E-state index contributed by atoms with van der Waals surface area (Å²) in [6, 6.07) is 2.56. The summed E-state index contributed by atoms with van der Waals surface area (Å²) in [6.45, 7) is 7.47. The lowest BCUT2D eigenvalue weighted by Gasteiger charge is -2.19. The van der Waals surface area contributed by atoms with Crippen molar-refractivity contribution in [1.82, 2.24) is 15.1 Å². The first-order valence-corrected chi connectivity index (χ1v) is 8.67. The molecule has 2 aromatic heterocycles. The molecule has 0 bridgehead atoms. The predicted octanol–water partition coefficient (Wildman–Crippen LogP) is 4.14. The number of halogens is 1. The molecule has 110 valence electrons. The summed E-state index contributed by atoms with van der Waals surface area (Å²) < 4.78 is 3.13. The fourth-order valence-corrected chi connectivity index (χ4v) is 3.91. The predicted molar refractivity (Wildman–Crippen MR) is 89.4 cm³/mol. The molecular weight excluding hydrogens is 334 g/mol. The van der Waals surface area contributed by atoms with Gasteiger partial charge in [0.25, 0.3) is 0 Å². The van der Waals surface area contributed by atoms with E-state index in [0.717, 1.165) is 29.6 Å². The van der Waals surface area contributed by atoms with Gasteiger partial charge in [-0.05, 0) is 59.8 Å². The van der Waals surface area contributed by atoms with Crippen molar-refractivity contribution in [2.75, 3.05) is 6.54 Å². The maximum atomic E-state index is 4.49. The number of thiophene rings is 1. The van der Waals surface area contributed by atoms with Gasteiger partial charge in [0.1, 0.15) is 0 Å². The van der Waals surface area contributed by atoms with Crippen LogP contribution in [-0.2, 0) is 13.5 Å². The van der Waals surface area contributed by atoms with Gasteiger partial charge in [0, 0.05) is 24.4 Å². The molecule has 0 aliphatic rings. The molecular formula is C15H22BrN3S. The highest BCUT2D eigenvalue weighted by Crippen LogP contribution is 2.30. The summed E-state index contributed by atoms with van der Waals surface area (Å²) >= 11 is 5.51. The summed E-state index contributed by atoms with van der Waals surface area (Å²) in [7, 11) is 2.02. The van der Waals surface area contributed by atoms with E-state index in [2.05, 4.69) is 51.6 Å². The molecule has 0 amide bonds. The van der Waals surface area contributed by atoms with E-state index in [9.17, 15) is 0 Å². The molecule has 0 spiro atoms. The zero-order chi connectivity index (χ0) is 14.7. The van der Waals surface area contributed by atoms with Crippen molar-refractivity contribution < 1.29 is 0 Å². The normalized spacial score (nSPS) is 12.8. The van der Waals surface area contributed by atoms with Gasteiger partial charge in [0.05, 0.1) is 15.9 Å². The van der Waals surface area contributed by atoms with Gasteiger partial charge in [-0.2, -0.15) is 5.10 Å². The molecule has 0 saturated heterocycles. The molecule has 0 aliphatic carbocycles. The van der Waals surface area contributed by atoms with E-state index in [4.69, 9.17) is 0 Å². The Balaban J connectivity index is 2.26. The van der Waals surface area contributed by atoms with Crippen molar-refractivity contribution in [3.05, 3.63) is 37.7 Å². The lowest BCUT2D eigenvalue weighted by atomic mass is 10.1. The quantitative estimate of drug-likeness (QED) is 0.843. The Labute approximate surface area is 133 Å². The van der Waals surface area contributed by atoms with Crippen LogP contribution in [0.2, 0.25) is 0 Å². The van der Waals surface area contributed by atoms with Crippen molar-refractivity contribution in [2.24, 2.45) is 7.05 Å². The highest BCUT2D eigenvalue weighted by molar-refractivity contribution is 9.10. The van der Waals surface area contributed by atoms with Gasteiger partial charge in [0.15, 0.2) is 0 Å². The molecule has 2 aromatic rings. The van der Waals surface area contributed by atoms with Crippen LogP contribution in [0, 0.1) is 13.8 Å². The van der Waals surface area contributed by atoms with Crippen LogP contribution < -0.4 is 5.32 Å². The van der Waals surface area contributed by atoms with Gasteiger partial charge in [-0.25, -0.2) is 0 Å². The Morgan fingerprint density at radius 3 is 2.70 bits per heavy atom. The van der Waals surface area contributed by atoms with Crippen LogP contribution in [0.1, 0.15) is 41.2 Å². The SMILES string of the molecule is CCCNC(Cc1c(Br)c(C)nn1C)c1sccc1C. The number of aryl methyl sites for hydroxylation is 3. The molecule has 1 N–H and O–H groups in total. The second-order valence-corrected chi connectivity index (χ2v) is 6.89. The van der Waals surface area contributed by atoms with Gasteiger partial charge in [-0.1, -0.05) is 6.92 Å². The van der Waals surface area contributed by atoms with Crippen molar-refractivity contribution in [2.45, 2.75) is 39.7 Å². The number of aromatic nitrogens is 2. The number of nitrogens with one attached hydrogen (secondary N) is 1. The Morgan fingerprint density at radius 2 is 2.20 bits per heavy atom. The Hall–Kier alpha value is -0.650. The summed E-state index contributed by atoms with van der Waals surface area (Å²) in [6.07, 6.45) is 2.10. The number of nitrogens with zero attached hydrogens (tertiary/aromatic N) is 2. The molecule has 3 nitrogen and oxygen atoms in total. The highest BCUT2D eigenvalue weighted by atomic mass is 79.9. The second-order valence-electron chi connectivity index (χ2n) is 5.15. The van der Waals surface area contributed by atoms with Crippen LogP contribution in [0.15, 0.2) is 15.9 Å². The number of rotatable bonds is 6. The molecule has 1 unspecified atom stereocenters. The number of hydrogen-bond donors (Lipinski definition) is 1. The third kappa shape index (κ3) is 3.32. The zero-order valence-electron chi connectivity index (χ0n) is 12.5. The van der Waals surface area contributed by atoms with E-state index >= 15 is 0 Å². The van der Waals surface area contributed by atoms with Crippen molar-refractivity contribution in [3.63, 3.8) is 0 Å². The minimum atomic E-state index is 0.362. The largest absolute Gasteiger partial charge is 0.309 e. The minimum absolute atomic E-state index is 0.362. The molecule has 1 atom stereocenters. The van der Waals surface area contributed by atoms with E-state index in [0.29, 0.717) is 6.04 Å². The summed E-state index contributed by atoms with van der Waals surface area (Å²) in [5.74, 6) is 0. The molecule has 2 heterocycles. The van der Waals surface area contributed by atoms with Crippen molar-refractivity contribution in [1.29, 1.82) is 0 Å². The molecule has 2 rings (SSSR count). The van der Waals surface area contributed by atoms with E-state index in [-0.39, 0.29) is 0 Å². The smallest absolute Gasteiger partial charge is 0.0738 e. The van der Waals surface area contributed by atoms with Crippen LogP contribution in [0.4, 0.5) is 0 Å². The monoisotopic (exact) mass is 355 g/mol. The summed E-state index contributed by atoms with van der Waals surface area (Å²) in [5, 5.41) is 10.3. The third-order valence-corrected chi connectivity index (χ3v) is 5.68. The topological polar surface area (TPSA) is 29.9 Å². The van der Waals surface area contributed by atoms with E-state index in [1.807, 2.05) is 30.0 Å². The standard InChI is InChI=1S/C15H22BrN3S/c1-5-7-17-12(15-10(2)6-8-20-15)9-13-14(16)11(3)18-19(13)4/h6,8,12,17H,5,7,9H2,1-4H3. The third-order valence-electron chi connectivity index (χ3n) is 3.52. The molecule has 20 heavy (non-hydrogen) atoms. The van der Waals surface area contributed by atoms with E-state index in [1.165, 1.54) is 16.1 Å². The fourth-order valence-electron chi connectivity index (χ4n) is 2.41. The fraction of sp³-hybridized carbons (Fsp3) is 0.533. The first kappa shape index (κ1) is 15.7. The molecule has 0 fully saturated rings. The first-order chi connectivity index (χ1) is 9.54. The van der Waals surface area contributed by atoms with Gasteiger partial charge in [-0.3, -0.25) is 4.68 Å². The Kier molecular flexibility index (Phi) is 5.41. The molecule has 0 saturated carbocycles. The Bertz CT molecular complexity index is 574. The summed E-state index contributed by atoms with van der Waals surface area (Å²) in [5.41, 5.74) is 3.68. The summed E-state index contributed by atoms with van der Waals surface area (Å²) in [4.78, 5) is 1.43. The minimum Gasteiger partial charge on any atom is -0.309 e. The molecule has 0 aliphatic heterocycles. The lowest BCUT2D eigenvalue weighted by molar-refractivity contribution is 0.516. The van der Waals surface area contributed by atoms with Crippen LogP contribution in [0.5, 0.6) is 0 Å². The van der Waals surface area contributed by atoms with E-state index in [1.54, 1.807) is 0 Å². The van der Waals surface area contributed by atoms with E-state index < -0.39 is 0 Å².